The summed E-state index contributed by atoms with van der Waals surface area (Å²) < 4.78 is 5.57. The van der Waals surface area contributed by atoms with Gasteiger partial charge in [-0.25, -0.2) is 0 Å². The van der Waals surface area contributed by atoms with E-state index in [1.54, 1.807) is 0 Å². The molecule has 1 saturated carbocycles. The fourth-order valence-electron chi connectivity index (χ4n) is 3.00. The highest BCUT2D eigenvalue weighted by molar-refractivity contribution is 4.83. The molecule has 2 heteroatoms. The lowest BCUT2D eigenvalue weighted by molar-refractivity contribution is 0.0140. The topological polar surface area (TPSA) is 35.2 Å². The minimum atomic E-state index is 0.409. The molecule has 1 saturated heterocycles. The third kappa shape index (κ3) is 2.48. The van der Waals surface area contributed by atoms with Crippen LogP contribution >= 0.6 is 0 Å². The van der Waals surface area contributed by atoms with Crippen LogP contribution in [0.25, 0.3) is 0 Å². The first kappa shape index (κ1) is 10.4. The van der Waals surface area contributed by atoms with Crippen LogP contribution in [-0.4, -0.2) is 19.3 Å². The Morgan fingerprint density at radius 1 is 0.929 bits per heavy atom. The zero-order valence-corrected chi connectivity index (χ0v) is 9.08. The van der Waals surface area contributed by atoms with E-state index in [1.165, 1.54) is 38.5 Å². The number of hydrogen-bond donors (Lipinski definition) is 1. The SMILES string of the molecule is NC1CCOCC1C1CCCCCC1. The lowest BCUT2D eigenvalue weighted by Crippen LogP contribution is -2.42. The summed E-state index contributed by atoms with van der Waals surface area (Å²) in [5.41, 5.74) is 6.18. The van der Waals surface area contributed by atoms with Crippen LogP contribution in [0.15, 0.2) is 0 Å². The Hall–Kier alpha value is -0.0800. The Morgan fingerprint density at radius 2 is 1.64 bits per heavy atom. The van der Waals surface area contributed by atoms with Gasteiger partial charge in [-0.1, -0.05) is 38.5 Å². The monoisotopic (exact) mass is 197 g/mol. The largest absolute Gasteiger partial charge is 0.381 e. The average molecular weight is 197 g/mol. The molecule has 0 aromatic heterocycles. The maximum atomic E-state index is 6.18. The fourth-order valence-corrected chi connectivity index (χ4v) is 3.00. The van der Waals surface area contributed by atoms with E-state index in [-0.39, 0.29) is 0 Å². The van der Waals surface area contributed by atoms with Crippen LogP contribution in [0.3, 0.4) is 0 Å². The minimum absolute atomic E-state index is 0.409. The molecule has 0 aromatic rings. The molecule has 1 heterocycles. The highest BCUT2D eigenvalue weighted by Gasteiger charge is 2.30. The van der Waals surface area contributed by atoms with Crippen molar-refractivity contribution in [1.29, 1.82) is 0 Å². The molecule has 0 amide bonds. The van der Waals surface area contributed by atoms with E-state index in [0.717, 1.165) is 25.6 Å². The Bertz CT molecular complexity index is 164. The van der Waals surface area contributed by atoms with Crippen molar-refractivity contribution in [3.05, 3.63) is 0 Å². The molecule has 0 radical (unpaired) electrons. The van der Waals surface area contributed by atoms with Crippen molar-refractivity contribution in [2.75, 3.05) is 13.2 Å². The molecular weight excluding hydrogens is 174 g/mol. The normalized spacial score (nSPS) is 36.6. The van der Waals surface area contributed by atoms with Crippen LogP contribution in [0.4, 0.5) is 0 Å². The van der Waals surface area contributed by atoms with E-state index in [1.807, 2.05) is 0 Å². The van der Waals surface area contributed by atoms with Gasteiger partial charge in [-0.05, 0) is 12.3 Å². The number of nitrogens with two attached hydrogens (primary N) is 1. The van der Waals surface area contributed by atoms with Crippen molar-refractivity contribution in [2.24, 2.45) is 17.6 Å². The molecule has 14 heavy (non-hydrogen) atoms. The number of rotatable bonds is 1. The smallest absolute Gasteiger partial charge is 0.0511 e. The van der Waals surface area contributed by atoms with Crippen molar-refractivity contribution < 1.29 is 4.74 Å². The molecule has 2 nitrogen and oxygen atoms in total. The second-order valence-corrected chi connectivity index (χ2v) is 4.94. The Balaban J connectivity index is 1.90. The second-order valence-electron chi connectivity index (χ2n) is 4.94. The minimum Gasteiger partial charge on any atom is -0.381 e. The summed E-state index contributed by atoms with van der Waals surface area (Å²) in [6.45, 7) is 1.80. The van der Waals surface area contributed by atoms with E-state index in [4.69, 9.17) is 10.5 Å². The molecule has 2 fully saturated rings. The molecule has 82 valence electrons. The first-order valence-corrected chi connectivity index (χ1v) is 6.21. The highest BCUT2D eigenvalue weighted by atomic mass is 16.5. The van der Waals surface area contributed by atoms with Crippen LogP contribution in [0.2, 0.25) is 0 Å². The van der Waals surface area contributed by atoms with E-state index in [9.17, 15) is 0 Å². The van der Waals surface area contributed by atoms with Gasteiger partial charge in [0.05, 0.1) is 6.61 Å². The third-order valence-electron chi connectivity index (χ3n) is 3.96. The zero-order chi connectivity index (χ0) is 9.80. The van der Waals surface area contributed by atoms with Crippen LogP contribution in [0.5, 0.6) is 0 Å². The lowest BCUT2D eigenvalue weighted by atomic mass is 9.80. The van der Waals surface area contributed by atoms with Gasteiger partial charge in [-0.3, -0.25) is 0 Å². The van der Waals surface area contributed by atoms with Gasteiger partial charge < -0.3 is 10.5 Å². The van der Waals surface area contributed by atoms with Crippen molar-refractivity contribution in [2.45, 2.75) is 51.0 Å². The molecule has 0 spiro atoms. The summed E-state index contributed by atoms with van der Waals surface area (Å²) in [5, 5.41) is 0. The Kier molecular flexibility index (Phi) is 3.82. The van der Waals surface area contributed by atoms with E-state index in [0.29, 0.717) is 12.0 Å². The molecule has 0 aromatic carbocycles. The molecule has 2 N–H and O–H groups in total. The van der Waals surface area contributed by atoms with Crippen LogP contribution in [-0.2, 0) is 4.74 Å². The summed E-state index contributed by atoms with van der Waals surface area (Å²) in [7, 11) is 0. The average Bonchev–Trinajstić information content (AvgIpc) is 2.47. The van der Waals surface area contributed by atoms with Gasteiger partial charge in [-0.15, -0.1) is 0 Å². The van der Waals surface area contributed by atoms with E-state index in [2.05, 4.69) is 0 Å². The highest BCUT2D eigenvalue weighted by Crippen LogP contribution is 2.32. The molecule has 2 aliphatic rings. The number of ether oxygens (including phenoxy) is 1. The zero-order valence-electron chi connectivity index (χ0n) is 9.08. The first-order chi connectivity index (χ1) is 6.88. The van der Waals surface area contributed by atoms with Crippen molar-refractivity contribution in [3.8, 4) is 0 Å². The van der Waals surface area contributed by atoms with Crippen molar-refractivity contribution in [1.82, 2.24) is 0 Å². The third-order valence-corrected chi connectivity index (χ3v) is 3.96. The van der Waals surface area contributed by atoms with E-state index < -0.39 is 0 Å². The van der Waals surface area contributed by atoms with Gasteiger partial charge in [0.25, 0.3) is 0 Å². The van der Waals surface area contributed by atoms with Crippen LogP contribution in [0.1, 0.15) is 44.9 Å². The second kappa shape index (κ2) is 5.13. The molecule has 2 rings (SSSR count). The Morgan fingerprint density at radius 3 is 2.29 bits per heavy atom. The predicted octanol–water partition coefficient (Wildman–Crippen LogP) is 2.32. The summed E-state index contributed by atoms with van der Waals surface area (Å²) in [6, 6.07) is 0.409. The maximum absolute atomic E-state index is 6.18. The summed E-state index contributed by atoms with van der Waals surface area (Å²) >= 11 is 0. The molecule has 2 unspecified atom stereocenters. The quantitative estimate of drug-likeness (QED) is 0.655. The summed E-state index contributed by atoms with van der Waals surface area (Å²) in [6.07, 6.45) is 9.53. The summed E-state index contributed by atoms with van der Waals surface area (Å²) in [4.78, 5) is 0. The van der Waals surface area contributed by atoms with Crippen molar-refractivity contribution in [3.63, 3.8) is 0 Å². The standard InChI is InChI=1S/C12H23NO/c13-12-7-8-14-9-11(12)10-5-3-1-2-4-6-10/h10-12H,1-9,13H2. The maximum Gasteiger partial charge on any atom is 0.0511 e. The van der Waals surface area contributed by atoms with Gasteiger partial charge >= 0.3 is 0 Å². The predicted molar refractivity (Wildman–Crippen MR) is 58.1 cm³/mol. The fraction of sp³-hybridized carbons (Fsp3) is 1.00. The van der Waals surface area contributed by atoms with Crippen LogP contribution in [0, 0.1) is 11.8 Å². The molecule has 1 aliphatic carbocycles. The van der Waals surface area contributed by atoms with E-state index >= 15 is 0 Å². The van der Waals surface area contributed by atoms with Gasteiger partial charge in [0, 0.05) is 18.6 Å². The van der Waals surface area contributed by atoms with Crippen LogP contribution < -0.4 is 5.73 Å². The molecule has 1 aliphatic heterocycles. The lowest BCUT2D eigenvalue weighted by Gasteiger charge is -2.34. The van der Waals surface area contributed by atoms with Gasteiger partial charge in [0.2, 0.25) is 0 Å². The van der Waals surface area contributed by atoms with Gasteiger partial charge in [0.1, 0.15) is 0 Å². The molecular formula is C12H23NO. The Labute approximate surface area is 87.2 Å². The van der Waals surface area contributed by atoms with Gasteiger partial charge in [0.15, 0.2) is 0 Å². The van der Waals surface area contributed by atoms with Crippen molar-refractivity contribution >= 4 is 0 Å². The number of hydrogen-bond acceptors (Lipinski definition) is 2. The first-order valence-electron chi connectivity index (χ1n) is 6.21. The molecule has 2 atom stereocenters. The van der Waals surface area contributed by atoms with Gasteiger partial charge in [-0.2, -0.15) is 0 Å². The summed E-state index contributed by atoms with van der Waals surface area (Å²) in [5.74, 6) is 1.51. The molecule has 0 bridgehead atoms.